The summed E-state index contributed by atoms with van der Waals surface area (Å²) < 4.78 is 0.159. The van der Waals surface area contributed by atoms with E-state index in [1.54, 1.807) is 11.1 Å². The van der Waals surface area contributed by atoms with Crippen molar-refractivity contribution in [3.05, 3.63) is 11.1 Å². The molecular formula is C34H54O2S2. The van der Waals surface area contributed by atoms with Crippen molar-refractivity contribution < 1.29 is 9.90 Å². The summed E-state index contributed by atoms with van der Waals surface area (Å²) in [5.74, 6) is 5.36. The Kier molecular flexibility index (Phi) is 6.89. The number of hydrogen-bond acceptors (Lipinski definition) is 4. The predicted molar refractivity (Wildman–Crippen MR) is 163 cm³/mol. The molecule has 5 aliphatic carbocycles. The number of rotatable bonds is 3. The van der Waals surface area contributed by atoms with Gasteiger partial charge in [0.25, 0.3) is 0 Å². The molecule has 5 fully saturated rings. The number of allylic oxidation sites excluding steroid dienone is 2. The van der Waals surface area contributed by atoms with Crippen LogP contribution in [-0.4, -0.2) is 33.1 Å². The van der Waals surface area contributed by atoms with Crippen LogP contribution in [0.3, 0.4) is 0 Å². The van der Waals surface area contributed by atoms with Crippen molar-refractivity contribution in [2.45, 2.75) is 130 Å². The van der Waals surface area contributed by atoms with Crippen molar-refractivity contribution in [1.29, 1.82) is 0 Å². The molecule has 0 unspecified atom stereocenters. The number of fused-ring (bicyclic) bond motifs is 7. The van der Waals surface area contributed by atoms with E-state index in [0.717, 1.165) is 43.1 Å². The van der Waals surface area contributed by atoms with Crippen LogP contribution in [0.1, 0.15) is 119 Å². The lowest BCUT2D eigenvalue weighted by atomic mass is 9.33. The fourth-order valence-corrected chi connectivity index (χ4v) is 14.9. The smallest absolute Gasteiger partial charge is 0.165 e. The Labute approximate surface area is 241 Å². The van der Waals surface area contributed by atoms with Crippen molar-refractivity contribution in [2.75, 3.05) is 11.5 Å². The predicted octanol–water partition coefficient (Wildman–Crippen LogP) is 8.91. The lowest BCUT2D eigenvalue weighted by Crippen LogP contribution is -2.66. The average Bonchev–Trinajstić information content (AvgIpc) is 3.28. The lowest BCUT2D eigenvalue weighted by Gasteiger charge is -2.72. The van der Waals surface area contributed by atoms with E-state index in [0.29, 0.717) is 34.4 Å². The maximum Gasteiger partial charge on any atom is 0.165 e. The first-order chi connectivity index (χ1) is 17.8. The topological polar surface area (TPSA) is 37.3 Å². The SMILES string of the molecule is CC(C)C1=C2[C@H]3CC[C@@H]4[C@@]5(C)CC[C@H](O)C(C)(C)[C@@H]5CC[C@@]4(C)[C@]3(C)CC[C@@]2(C(=O)C2SCCCS2)CC1. The van der Waals surface area contributed by atoms with E-state index < -0.39 is 0 Å². The molecule has 0 aromatic carbocycles. The molecule has 0 spiro atoms. The minimum atomic E-state index is -0.174. The molecule has 214 valence electrons. The molecule has 38 heavy (non-hydrogen) atoms. The third-order valence-corrected chi connectivity index (χ3v) is 17.1. The highest BCUT2D eigenvalue weighted by molar-refractivity contribution is 8.18. The Hall–Kier alpha value is 0.0700. The standard InChI is InChI=1S/C34H54O2S2/c1-21(2)22-11-16-34(28(36)29-37-19-8-20-38-29)18-17-32(6)23(27(22)34)9-10-25-31(5)14-13-26(35)30(3,4)24(31)12-15-33(25,32)7/h21,23-26,29,35H,8-20H2,1-7H3/t23-,24+,25-,26+,31+,32-,33-,34+/m1/s1. The molecule has 0 amide bonds. The second kappa shape index (κ2) is 9.29. The van der Waals surface area contributed by atoms with Gasteiger partial charge in [-0.2, -0.15) is 0 Å². The van der Waals surface area contributed by atoms with Crippen molar-refractivity contribution in [2.24, 2.45) is 50.7 Å². The number of carbonyl (C=O) groups is 1. The van der Waals surface area contributed by atoms with Crippen LogP contribution in [0.15, 0.2) is 11.1 Å². The number of Topliss-reactive ketones (excluding diaryl/α,β-unsaturated/α-hetero) is 1. The van der Waals surface area contributed by atoms with E-state index in [-0.39, 0.29) is 26.9 Å². The zero-order valence-corrected chi connectivity index (χ0v) is 27.0. The second-order valence-corrected chi connectivity index (χ2v) is 18.7. The summed E-state index contributed by atoms with van der Waals surface area (Å²) in [4.78, 5) is 14.5. The van der Waals surface area contributed by atoms with E-state index >= 15 is 0 Å². The Bertz CT molecular complexity index is 1010. The third kappa shape index (κ3) is 3.60. The number of carbonyl (C=O) groups excluding carboxylic acids is 1. The van der Waals surface area contributed by atoms with Gasteiger partial charge in [0.15, 0.2) is 5.78 Å². The molecule has 2 nitrogen and oxygen atoms in total. The van der Waals surface area contributed by atoms with Crippen LogP contribution in [0.5, 0.6) is 0 Å². The number of hydrogen-bond donors (Lipinski definition) is 1. The summed E-state index contributed by atoms with van der Waals surface area (Å²) in [6.07, 6.45) is 12.9. The van der Waals surface area contributed by atoms with Crippen molar-refractivity contribution >= 4 is 29.3 Å². The first-order valence-corrected chi connectivity index (χ1v) is 18.1. The van der Waals surface area contributed by atoms with Gasteiger partial charge in [-0.1, -0.05) is 59.6 Å². The van der Waals surface area contributed by atoms with Crippen molar-refractivity contribution in [3.8, 4) is 0 Å². The number of aliphatic hydroxyl groups excluding tert-OH is 1. The van der Waals surface area contributed by atoms with E-state index in [1.165, 1.54) is 44.9 Å². The van der Waals surface area contributed by atoms with Gasteiger partial charge in [-0.3, -0.25) is 4.79 Å². The molecule has 4 saturated carbocycles. The van der Waals surface area contributed by atoms with Gasteiger partial charge in [-0.05, 0) is 127 Å². The van der Waals surface area contributed by atoms with Crippen LogP contribution < -0.4 is 0 Å². The highest BCUT2D eigenvalue weighted by Gasteiger charge is 2.70. The summed E-state index contributed by atoms with van der Waals surface area (Å²) in [5.41, 5.74) is 4.06. The maximum absolute atomic E-state index is 14.5. The van der Waals surface area contributed by atoms with Crippen LogP contribution in [0.4, 0.5) is 0 Å². The van der Waals surface area contributed by atoms with Crippen LogP contribution in [-0.2, 0) is 4.79 Å². The van der Waals surface area contributed by atoms with E-state index in [9.17, 15) is 9.90 Å². The summed E-state index contributed by atoms with van der Waals surface area (Å²) in [5, 5.41) is 11.0. The Morgan fingerprint density at radius 3 is 2.24 bits per heavy atom. The molecule has 0 aromatic heterocycles. The normalized spacial score (nSPS) is 48.8. The Morgan fingerprint density at radius 1 is 0.842 bits per heavy atom. The molecule has 0 bridgehead atoms. The third-order valence-electron chi connectivity index (χ3n) is 14.2. The van der Waals surface area contributed by atoms with E-state index in [1.807, 2.05) is 23.5 Å². The summed E-state index contributed by atoms with van der Waals surface area (Å²) in [7, 11) is 0. The average molecular weight is 559 g/mol. The molecule has 4 heteroatoms. The molecule has 0 radical (unpaired) electrons. The zero-order valence-electron chi connectivity index (χ0n) is 25.3. The first kappa shape index (κ1) is 28.2. The van der Waals surface area contributed by atoms with Crippen LogP contribution >= 0.6 is 23.5 Å². The summed E-state index contributed by atoms with van der Waals surface area (Å²) in [6.45, 7) is 17.5. The van der Waals surface area contributed by atoms with Crippen LogP contribution in [0.2, 0.25) is 0 Å². The highest BCUT2D eigenvalue weighted by atomic mass is 32.2. The van der Waals surface area contributed by atoms with E-state index in [4.69, 9.17) is 0 Å². The quantitative estimate of drug-likeness (QED) is 0.351. The lowest BCUT2D eigenvalue weighted by molar-refractivity contribution is -0.228. The van der Waals surface area contributed by atoms with Gasteiger partial charge in [0.2, 0.25) is 0 Å². The fraction of sp³-hybridized carbons (Fsp3) is 0.912. The molecule has 1 aliphatic heterocycles. The Balaban J connectivity index is 1.40. The van der Waals surface area contributed by atoms with Crippen molar-refractivity contribution in [3.63, 3.8) is 0 Å². The zero-order chi connectivity index (χ0) is 27.3. The van der Waals surface area contributed by atoms with Gasteiger partial charge in [-0.15, -0.1) is 23.5 Å². The minimum Gasteiger partial charge on any atom is -0.393 e. The second-order valence-electron chi connectivity index (χ2n) is 16.0. The van der Waals surface area contributed by atoms with Crippen LogP contribution in [0, 0.1) is 50.7 Å². The molecule has 6 aliphatic rings. The van der Waals surface area contributed by atoms with Gasteiger partial charge in [0.05, 0.1) is 11.5 Å². The van der Waals surface area contributed by atoms with Crippen molar-refractivity contribution in [1.82, 2.24) is 0 Å². The molecule has 1 heterocycles. The number of ketones is 1. The highest BCUT2D eigenvalue weighted by Crippen LogP contribution is 2.77. The summed E-state index contributed by atoms with van der Waals surface area (Å²) >= 11 is 3.89. The number of thioether (sulfide) groups is 2. The summed E-state index contributed by atoms with van der Waals surface area (Å²) in [6, 6.07) is 0. The van der Waals surface area contributed by atoms with Gasteiger partial charge in [-0.25, -0.2) is 0 Å². The van der Waals surface area contributed by atoms with Gasteiger partial charge < -0.3 is 5.11 Å². The maximum atomic E-state index is 14.5. The minimum absolute atomic E-state index is 0.00828. The van der Waals surface area contributed by atoms with Gasteiger partial charge in [0.1, 0.15) is 4.58 Å². The molecular weight excluding hydrogens is 505 g/mol. The first-order valence-electron chi connectivity index (χ1n) is 16.0. The van der Waals surface area contributed by atoms with Gasteiger partial charge >= 0.3 is 0 Å². The Morgan fingerprint density at radius 2 is 1.55 bits per heavy atom. The molecule has 1 saturated heterocycles. The monoisotopic (exact) mass is 558 g/mol. The largest absolute Gasteiger partial charge is 0.393 e. The number of aliphatic hydroxyl groups is 1. The molecule has 6 rings (SSSR count). The van der Waals surface area contributed by atoms with Crippen LogP contribution in [0.25, 0.3) is 0 Å². The molecule has 0 aromatic rings. The van der Waals surface area contributed by atoms with Gasteiger partial charge in [0, 0.05) is 0 Å². The fourth-order valence-electron chi connectivity index (χ4n) is 11.9. The van der Waals surface area contributed by atoms with E-state index in [2.05, 4.69) is 48.5 Å². The molecule has 1 N–H and O–H groups in total. The molecule has 8 atom stereocenters.